The Bertz CT molecular complexity index is 1810. The highest BCUT2D eigenvalue weighted by molar-refractivity contribution is 7.80. The summed E-state index contributed by atoms with van der Waals surface area (Å²) in [5.41, 5.74) is 11.1. The van der Waals surface area contributed by atoms with Crippen molar-refractivity contribution in [1.29, 1.82) is 0 Å². The number of nitrogens with one attached hydrogen (secondary N) is 2. The van der Waals surface area contributed by atoms with Crippen LogP contribution in [-0.4, -0.2) is 100 Å². The Kier molecular flexibility index (Phi) is 12.5. The van der Waals surface area contributed by atoms with Gasteiger partial charge in [0.2, 0.25) is 6.20 Å². The molecule has 0 radical (unpaired) electrons. The lowest BCUT2D eigenvalue weighted by Gasteiger charge is -2.50. The van der Waals surface area contributed by atoms with Crippen LogP contribution in [0.3, 0.4) is 0 Å². The maximum absolute atomic E-state index is 13.2. The van der Waals surface area contributed by atoms with Gasteiger partial charge in [-0.25, -0.2) is 9.78 Å². The lowest BCUT2D eigenvalue weighted by atomic mass is 9.84. The molecular formula is C29H40N9O10S2+. The SMILES string of the molecule is C[n+]1cc(-c2ccc(OC[C@H](O/N=C(/C(=O)NC3C(=O)N(OS(=O)(=O)O)C3(C)C)c3csc(N)n3)C(=O)O)cc2)cn1CCCNCCCN. The molecule has 0 bridgehead atoms. The Labute approximate surface area is 291 Å². The van der Waals surface area contributed by atoms with E-state index in [0.717, 1.165) is 54.9 Å². The topological polar surface area (TPSA) is 267 Å². The van der Waals surface area contributed by atoms with E-state index in [0.29, 0.717) is 17.4 Å². The van der Waals surface area contributed by atoms with Crippen LogP contribution in [0.25, 0.3) is 11.1 Å². The maximum atomic E-state index is 13.2. The van der Waals surface area contributed by atoms with Crippen LogP contribution in [0.15, 0.2) is 47.2 Å². The van der Waals surface area contributed by atoms with Crippen molar-refractivity contribution in [3.63, 3.8) is 0 Å². The molecule has 1 saturated heterocycles. The fraction of sp³-hybridized carbons (Fsp3) is 0.448. The molecule has 1 unspecified atom stereocenters. The van der Waals surface area contributed by atoms with Crippen LogP contribution >= 0.6 is 11.3 Å². The summed E-state index contributed by atoms with van der Waals surface area (Å²) in [4.78, 5) is 47.0. The van der Waals surface area contributed by atoms with Gasteiger partial charge >= 0.3 is 16.4 Å². The van der Waals surface area contributed by atoms with Gasteiger partial charge in [0.25, 0.3) is 17.9 Å². The molecule has 0 aliphatic carbocycles. The summed E-state index contributed by atoms with van der Waals surface area (Å²) in [5.74, 6) is -3.10. The molecule has 1 aliphatic heterocycles. The first kappa shape index (κ1) is 38.1. The molecule has 272 valence electrons. The molecular weight excluding hydrogens is 699 g/mol. The number of nitrogen functional groups attached to an aromatic ring is 1. The lowest BCUT2D eigenvalue weighted by Crippen LogP contribution is -2.76. The van der Waals surface area contributed by atoms with Crippen LogP contribution in [-0.2, 0) is 47.5 Å². The van der Waals surface area contributed by atoms with Crippen molar-refractivity contribution in [2.24, 2.45) is 17.9 Å². The number of oxime groups is 1. The van der Waals surface area contributed by atoms with E-state index in [1.54, 1.807) is 12.1 Å². The first-order chi connectivity index (χ1) is 23.6. The largest absolute Gasteiger partial charge is 0.489 e. The van der Waals surface area contributed by atoms with Crippen molar-refractivity contribution in [1.82, 2.24) is 25.4 Å². The molecule has 1 aliphatic rings. The van der Waals surface area contributed by atoms with Gasteiger partial charge < -0.3 is 36.8 Å². The van der Waals surface area contributed by atoms with E-state index < -0.39 is 58.2 Å². The van der Waals surface area contributed by atoms with Gasteiger partial charge in [-0.15, -0.1) is 20.3 Å². The number of amides is 2. The van der Waals surface area contributed by atoms with Crippen LogP contribution in [0.1, 0.15) is 32.4 Å². The Morgan fingerprint density at radius 2 is 1.90 bits per heavy atom. The molecule has 2 amide bonds. The number of rotatable bonds is 19. The fourth-order valence-electron chi connectivity index (χ4n) is 4.85. The summed E-state index contributed by atoms with van der Waals surface area (Å²) >= 11 is 0.963. The van der Waals surface area contributed by atoms with Crippen molar-refractivity contribution in [2.45, 2.75) is 50.9 Å². The van der Waals surface area contributed by atoms with Gasteiger partial charge in [0.05, 0.1) is 23.8 Å². The lowest BCUT2D eigenvalue weighted by molar-refractivity contribution is -0.753. The van der Waals surface area contributed by atoms with E-state index in [9.17, 15) is 27.9 Å². The van der Waals surface area contributed by atoms with Gasteiger partial charge in [-0.1, -0.05) is 17.3 Å². The third kappa shape index (κ3) is 9.73. The molecule has 2 atom stereocenters. The number of anilines is 1. The number of benzene rings is 1. The number of carboxylic acids is 1. The fourth-order valence-corrected chi connectivity index (χ4v) is 5.85. The standard InChI is InChI=1S/C29H39N9O10S2/c1-29(2)24(26(40)38(29)48-50(43,44)45)34-25(39)23(21-17-49-28(31)33-21)35-47-22(27(41)42)16-46-20-8-6-18(7-9-20)19-14-36(3)37(15-19)13-5-12-32-11-4-10-30/h6-9,14-15,17,22,24,32H,4-5,10-13,16,30H2,1-3H3,(H4-,31,33,34,39,41,42,43,44,45)/p+1/b35-23+/t22-,24?/m0/s1. The number of hydrogen-bond donors (Lipinski definition) is 6. The number of carbonyl (C=O) groups is 3. The van der Waals surface area contributed by atoms with Gasteiger partial charge in [-0.3, -0.25) is 14.1 Å². The Morgan fingerprint density at radius 1 is 1.20 bits per heavy atom. The van der Waals surface area contributed by atoms with Crippen LogP contribution in [0.4, 0.5) is 5.13 Å². The molecule has 0 spiro atoms. The number of nitrogens with zero attached hydrogens (tertiary/aromatic N) is 5. The summed E-state index contributed by atoms with van der Waals surface area (Å²) < 4.78 is 45.2. The van der Waals surface area contributed by atoms with E-state index in [-0.39, 0.29) is 10.8 Å². The Hall–Kier alpha value is -4.67. The Balaban J connectivity index is 1.39. The molecule has 8 N–H and O–H groups in total. The normalized spacial score (nSPS) is 16.5. The van der Waals surface area contributed by atoms with E-state index in [1.807, 2.05) is 36.3 Å². The molecule has 21 heteroatoms. The number of hydroxylamine groups is 2. The van der Waals surface area contributed by atoms with Gasteiger partial charge in [0, 0.05) is 5.38 Å². The highest BCUT2D eigenvalue weighted by atomic mass is 32.3. The first-order valence-corrected chi connectivity index (χ1v) is 17.5. The third-order valence-corrected chi connectivity index (χ3v) is 8.57. The highest BCUT2D eigenvalue weighted by Gasteiger charge is 2.58. The number of aliphatic carboxylic acids is 1. The van der Waals surface area contributed by atoms with Gasteiger partial charge in [0.1, 0.15) is 24.1 Å². The molecule has 4 rings (SSSR count). The van der Waals surface area contributed by atoms with E-state index in [1.165, 1.54) is 19.2 Å². The number of ether oxygens (including phenoxy) is 1. The average molecular weight is 739 g/mol. The minimum Gasteiger partial charge on any atom is -0.489 e. The molecule has 50 heavy (non-hydrogen) atoms. The molecule has 2 aromatic heterocycles. The van der Waals surface area contributed by atoms with Gasteiger partial charge in [0.15, 0.2) is 17.9 Å². The van der Waals surface area contributed by atoms with E-state index in [2.05, 4.69) is 29.7 Å². The van der Waals surface area contributed by atoms with E-state index >= 15 is 0 Å². The second kappa shape index (κ2) is 16.4. The summed E-state index contributed by atoms with van der Waals surface area (Å²) in [6.45, 7) is 5.51. The minimum atomic E-state index is -5.02. The number of thiazole rings is 1. The maximum Gasteiger partial charge on any atom is 0.418 e. The molecule has 3 heterocycles. The predicted molar refractivity (Wildman–Crippen MR) is 179 cm³/mol. The second-order valence-electron chi connectivity index (χ2n) is 11.7. The van der Waals surface area contributed by atoms with Gasteiger partial charge in [-0.2, -0.15) is 18.2 Å². The number of aryl methyl sites for hydroxylation is 2. The number of carboxylic acid groups (broad SMARTS) is 1. The minimum absolute atomic E-state index is 0.0616. The molecule has 19 nitrogen and oxygen atoms in total. The predicted octanol–water partition coefficient (Wildman–Crippen LogP) is -0.560. The van der Waals surface area contributed by atoms with E-state index in [4.69, 9.17) is 25.6 Å². The average Bonchev–Trinajstić information content (AvgIpc) is 3.66. The summed E-state index contributed by atoms with van der Waals surface area (Å²) in [6.07, 6.45) is 4.25. The second-order valence-corrected chi connectivity index (χ2v) is 13.6. The summed E-state index contributed by atoms with van der Waals surface area (Å²) in [5, 5.41) is 21.1. The van der Waals surface area contributed by atoms with Crippen LogP contribution < -0.4 is 31.5 Å². The summed E-state index contributed by atoms with van der Waals surface area (Å²) in [6, 6.07) is 5.70. The van der Waals surface area contributed by atoms with Crippen LogP contribution in [0.5, 0.6) is 5.75 Å². The Morgan fingerprint density at radius 3 is 2.50 bits per heavy atom. The van der Waals surface area contributed by atoms with Crippen LogP contribution in [0.2, 0.25) is 0 Å². The number of nitrogens with two attached hydrogens (primary N) is 2. The number of β-lactam (4-membered cyclic amide) rings is 1. The monoisotopic (exact) mass is 738 g/mol. The zero-order valence-electron chi connectivity index (χ0n) is 27.5. The highest BCUT2D eigenvalue weighted by Crippen LogP contribution is 2.33. The van der Waals surface area contributed by atoms with Crippen molar-refractivity contribution < 1.29 is 51.0 Å². The van der Waals surface area contributed by atoms with Crippen molar-refractivity contribution >= 4 is 50.4 Å². The zero-order valence-corrected chi connectivity index (χ0v) is 29.1. The quantitative estimate of drug-likeness (QED) is 0.0225. The molecule has 3 aromatic rings. The third-order valence-electron chi connectivity index (χ3n) is 7.55. The van der Waals surface area contributed by atoms with Crippen molar-refractivity contribution in [3.05, 3.63) is 47.7 Å². The molecule has 1 aromatic carbocycles. The first-order valence-electron chi connectivity index (χ1n) is 15.3. The zero-order chi connectivity index (χ0) is 36.6. The number of hydrogen-bond acceptors (Lipinski definition) is 14. The van der Waals surface area contributed by atoms with Crippen molar-refractivity contribution in [2.75, 3.05) is 32.0 Å². The molecule has 0 saturated carbocycles. The number of aromatic nitrogens is 3. The smallest absolute Gasteiger partial charge is 0.418 e. The summed E-state index contributed by atoms with van der Waals surface area (Å²) in [7, 11) is -3.06. The van der Waals surface area contributed by atoms with Crippen LogP contribution in [0, 0.1) is 0 Å². The van der Waals surface area contributed by atoms with Crippen molar-refractivity contribution in [3.8, 4) is 16.9 Å². The van der Waals surface area contributed by atoms with Gasteiger partial charge in [-0.05, 0) is 64.0 Å². The number of carbonyl (C=O) groups excluding carboxylic acids is 2. The molecule has 1 fully saturated rings.